The Bertz CT molecular complexity index is 759. The topological polar surface area (TPSA) is 21.4 Å². The van der Waals surface area contributed by atoms with Crippen molar-refractivity contribution < 1.29 is 4.79 Å². The predicted molar refractivity (Wildman–Crippen MR) is 101 cm³/mol. The lowest BCUT2D eigenvalue weighted by atomic mass is 9.81. The number of Topliss-reactive ketones (excluding diaryl/α,β-unsaturated/α-hetero) is 1. The molecule has 2 heteroatoms. The molecule has 0 aliphatic heterocycles. The number of hydrogen-bond donors (Lipinski definition) is 0. The monoisotopic (exact) mass is 323 g/mol. The highest BCUT2D eigenvalue weighted by molar-refractivity contribution is 6.08. The zero-order chi connectivity index (χ0) is 18.5. The second-order valence-electron chi connectivity index (χ2n) is 9.59. The number of hydrogen-bond acceptors (Lipinski definition) is 1. The van der Waals surface area contributed by atoms with Gasteiger partial charge < -0.3 is 4.79 Å². The standard InChI is InChI=1S/C22H29NO/c1-20(2,3)14-10-11-15-16(13-22(7,8)17(15)12-14)18(23-9)19(24)21(4,5)6/h10-12H,13H2,1-8H3/b18-16-. The van der Waals surface area contributed by atoms with Crippen molar-refractivity contribution >= 4 is 11.4 Å². The van der Waals surface area contributed by atoms with Gasteiger partial charge in [-0.1, -0.05) is 73.6 Å². The molecular formula is C22H29NO. The molecule has 0 spiro atoms. The van der Waals surface area contributed by atoms with E-state index in [0.29, 0.717) is 5.70 Å². The third-order valence-corrected chi connectivity index (χ3v) is 4.85. The predicted octanol–water partition coefficient (Wildman–Crippen LogP) is 5.91. The van der Waals surface area contributed by atoms with Gasteiger partial charge >= 0.3 is 0 Å². The average Bonchev–Trinajstić information content (AvgIpc) is 2.69. The smallest absolute Gasteiger partial charge is 0.233 e. The van der Waals surface area contributed by atoms with Crippen LogP contribution in [0.2, 0.25) is 0 Å². The molecule has 128 valence electrons. The van der Waals surface area contributed by atoms with E-state index in [1.54, 1.807) is 0 Å². The Hall–Kier alpha value is -1.88. The summed E-state index contributed by atoms with van der Waals surface area (Å²) in [6, 6.07) is 6.52. The van der Waals surface area contributed by atoms with Gasteiger partial charge in [-0.15, -0.1) is 0 Å². The fourth-order valence-corrected chi connectivity index (χ4v) is 3.29. The van der Waals surface area contributed by atoms with Crippen LogP contribution in [0.15, 0.2) is 23.9 Å². The van der Waals surface area contributed by atoms with E-state index in [-0.39, 0.29) is 16.6 Å². The first-order chi connectivity index (χ1) is 10.8. The largest absolute Gasteiger partial charge is 0.307 e. The van der Waals surface area contributed by atoms with Gasteiger partial charge in [0, 0.05) is 5.41 Å². The summed E-state index contributed by atoms with van der Waals surface area (Å²) in [5.74, 6) is -0.0592. The molecule has 0 fully saturated rings. The van der Waals surface area contributed by atoms with Gasteiger partial charge in [0.2, 0.25) is 5.70 Å². The number of allylic oxidation sites excluding steroid dienone is 2. The third kappa shape index (κ3) is 3.18. The van der Waals surface area contributed by atoms with Gasteiger partial charge in [-0.05, 0) is 39.5 Å². The molecule has 1 aromatic carbocycles. The zero-order valence-electron chi connectivity index (χ0n) is 16.3. The molecule has 0 heterocycles. The van der Waals surface area contributed by atoms with Gasteiger partial charge in [0.25, 0.3) is 0 Å². The summed E-state index contributed by atoms with van der Waals surface area (Å²) in [6.07, 6.45) is 0.745. The first kappa shape index (κ1) is 18.5. The maximum atomic E-state index is 12.8. The zero-order valence-corrected chi connectivity index (χ0v) is 16.3. The SMILES string of the molecule is [C-]#[N+]/C(C(=O)C(C)(C)C)=C1/CC(C)(C)c2cc(C(C)(C)C)ccc21. The van der Waals surface area contributed by atoms with Gasteiger partial charge in [-0.25, -0.2) is 4.85 Å². The molecule has 0 saturated heterocycles. The van der Waals surface area contributed by atoms with Crippen molar-refractivity contribution in [3.8, 4) is 0 Å². The fraction of sp³-hybridized carbons (Fsp3) is 0.545. The van der Waals surface area contributed by atoms with Crippen molar-refractivity contribution in [1.29, 1.82) is 0 Å². The Balaban J connectivity index is 2.71. The molecule has 1 aliphatic carbocycles. The van der Waals surface area contributed by atoms with Crippen molar-refractivity contribution in [2.45, 2.75) is 72.6 Å². The van der Waals surface area contributed by atoms with Gasteiger partial charge in [0.15, 0.2) is 5.78 Å². The highest BCUT2D eigenvalue weighted by Gasteiger charge is 2.38. The number of benzene rings is 1. The van der Waals surface area contributed by atoms with Crippen LogP contribution in [-0.2, 0) is 15.6 Å². The normalized spacial score (nSPS) is 18.8. The maximum Gasteiger partial charge on any atom is 0.233 e. The minimum atomic E-state index is -0.537. The Labute approximate surface area is 146 Å². The molecule has 0 radical (unpaired) electrons. The van der Waals surface area contributed by atoms with Gasteiger partial charge in [-0.2, -0.15) is 0 Å². The molecule has 0 atom stereocenters. The molecule has 1 aromatic rings. The number of fused-ring (bicyclic) bond motifs is 1. The molecule has 0 aromatic heterocycles. The Kier molecular flexibility index (Phi) is 4.30. The second kappa shape index (κ2) is 5.59. The van der Waals surface area contributed by atoms with Crippen molar-refractivity contribution in [1.82, 2.24) is 0 Å². The first-order valence-corrected chi connectivity index (χ1v) is 8.60. The number of carbonyl (C=O) groups excluding carboxylic acids is 1. The molecule has 2 rings (SSSR count). The highest BCUT2D eigenvalue weighted by Crippen LogP contribution is 2.48. The van der Waals surface area contributed by atoms with Gasteiger partial charge in [-0.3, -0.25) is 0 Å². The Morgan fingerprint density at radius 1 is 1.12 bits per heavy atom. The van der Waals surface area contributed by atoms with Crippen LogP contribution in [0, 0.1) is 12.0 Å². The van der Waals surface area contributed by atoms with Crippen molar-refractivity contribution in [2.24, 2.45) is 5.41 Å². The van der Waals surface area contributed by atoms with Crippen LogP contribution in [0.4, 0.5) is 0 Å². The average molecular weight is 323 g/mol. The molecule has 0 N–H and O–H groups in total. The minimum Gasteiger partial charge on any atom is -0.307 e. The molecule has 0 amide bonds. The van der Waals surface area contributed by atoms with E-state index in [9.17, 15) is 4.79 Å². The molecule has 24 heavy (non-hydrogen) atoms. The summed E-state index contributed by atoms with van der Waals surface area (Å²) < 4.78 is 0. The fourth-order valence-electron chi connectivity index (χ4n) is 3.29. The number of ketones is 1. The van der Waals surface area contributed by atoms with Crippen LogP contribution in [0.3, 0.4) is 0 Å². The van der Waals surface area contributed by atoms with E-state index < -0.39 is 5.41 Å². The van der Waals surface area contributed by atoms with Crippen molar-refractivity contribution in [3.05, 3.63) is 52.0 Å². The molecule has 0 saturated carbocycles. The van der Waals surface area contributed by atoms with E-state index in [1.807, 2.05) is 20.8 Å². The quantitative estimate of drug-likeness (QED) is 0.465. The van der Waals surface area contributed by atoms with Crippen LogP contribution in [0.1, 0.15) is 78.5 Å². The summed E-state index contributed by atoms with van der Waals surface area (Å²) >= 11 is 0. The van der Waals surface area contributed by atoms with Crippen molar-refractivity contribution in [3.63, 3.8) is 0 Å². The van der Waals surface area contributed by atoms with Crippen LogP contribution in [-0.4, -0.2) is 5.78 Å². The Morgan fingerprint density at radius 2 is 1.71 bits per heavy atom. The Morgan fingerprint density at radius 3 is 2.17 bits per heavy atom. The number of nitrogens with zero attached hydrogens (tertiary/aromatic N) is 1. The summed E-state index contributed by atoms with van der Waals surface area (Å²) in [7, 11) is 0. The summed E-state index contributed by atoms with van der Waals surface area (Å²) in [6.45, 7) is 24.3. The van der Waals surface area contributed by atoms with Crippen LogP contribution < -0.4 is 0 Å². The maximum absolute atomic E-state index is 12.8. The molecule has 2 nitrogen and oxygen atoms in total. The van der Waals surface area contributed by atoms with E-state index in [0.717, 1.165) is 17.6 Å². The molecule has 1 aliphatic rings. The number of rotatable bonds is 1. The lowest BCUT2D eigenvalue weighted by Crippen LogP contribution is -2.21. The molecule has 0 bridgehead atoms. The summed E-state index contributed by atoms with van der Waals surface area (Å²) in [5.41, 5.74) is 4.36. The van der Waals surface area contributed by atoms with Crippen LogP contribution >= 0.6 is 0 Å². The lowest BCUT2D eigenvalue weighted by molar-refractivity contribution is -0.122. The lowest BCUT2D eigenvalue weighted by Gasteiger charge is -2.24. The third-order valence-electron chi connectivity index (χ3n) is 4.85. The minimum absolute atomic E-state index is 0.0555. The second-order valence-corrected chi connectivity index (χ2v) is 9.59. The first-order valence-electron chi connectivity index (χ1n) is 8.60. The van der Waals surface area contributed by atoms with Crippen LogP contribution in [0.5, 0.6) is 0 Å². The van der Waals surface area contributed by atoms with Crippen LogP contribution in [0.25, 0.3) is 10.4 Å². The highest BCUT2D eigenvalue weighted by atomic mass is 16.1. The molecule has 0 unspecified atom stereocenters. The van der Waals surface area contributed by atoms with E-state index in [4.69, 9.17) is 6.57 Å². The molecular weight excluding hydrogens is 294 g/mol. The van der Waals surface area contributed by atoms with Gasteiger partial charge in [0.1, 0.15) is 0 Å². The van der Waals surface area contributed by atoms with Crippen molar-refractivity contribution in [2.75, 3.05) is 0 Å². The number of carbonyl (C=O) groups is 1. The van der Waals surface area contributed by atoms with E-state index in [1.165, 1.54) is 11.1 Å². The van der Waals surface area contributed by atoms with E-state index in [2.05, 4.69) is 57.7 Å². The van der Waals surface area contributed by atoms with Gasteiger partial charge in [0.05, 0.1) is 6.57 Å². The summed E-state index contributed by atoms with van der Waals surface area (Å²) in [5, 5.41) is 0. The van der Waals surface area contributed by atoms with E-state index >= 15 is 0 Å². The summed E-state index contributed by atoms with van der Waals surface area (Å²) in [4.78, 5) is 16.4.